The molecule has 0 radical (unpaired) electrons. The van der Waals surface area contributed by atoms with E-state index in [0.29, 0.717) is 33.0 Å². The summed E-state index contributed by atoms with van der Waals surface area (Å²) in [7, 11) is -3.27. The van der Waals surface area contributed by atoms with Crippen LogP contribution < -0.4 is 0 Å². The first kappa shape index (κ1) is 28.8. The van der Waals surface area contributed by atoms with Crippen molar-refractivity contribution >= 4 is 26.7 Å². The van der Waals surface area contributed by atoms with E-state index in [4.69, 9.17) is 38.7 Å². The van der Waals surface area contributed by atoms with Gasteiger partial charge in [-0.1, -0.05) is 66.6 Å². The zero-order valence-electron chi connectivity index (χ0n) is 19.8. The zero-order valence-corrected chi connectivity index (χ0v) is 22.4. The first-order chi connectivity index (χ1) is 12.4. The summed E-state index contributed by atoms with van der Waals surface area (Å²) in [6.45, 7) is 21.3. The van der Waals surface area contributed by atoms with Gasteiger partial charge in [0.25, 0.3) is 0 Å². The van der Waals surface area contributed by atoms with E-state index in [1.807, 2.05) is 13.8 Å². The van der Waals surface area contributed by atoms with Gasteiger partial charge in [0.15, 0.2) is 0 Å². The van der Waals surface area contributed by atoms with Crippen molar-refractivity contribution in [3.63, 3.8) is 0 Å². The Kier molecular flexibility index (Phi) is 11.8. The van der Waals surface area contributed by atoms with Crippen molar-refractivity contribution in [1.29, 1.82) is 0 Å². The standard InChI is InChI=1S/C19H43O6P2S/c1-12-20-27(28,21-13-2)25-26(22-14-17(3,4)5,23-15-18(6,7)8)24-16-19(9,10)11/h12-16H2,1-11H3/q+1. The minimum atomic E-state index is -3.27. The average Bonchev–Trinajstić information content (AvgIpc) is 2.47. The SMILES string of the molecule is CCOP(=S)(OCC)O[P+](OCC(C)(C)C)(OCC(C)(C)C)OCC(C)(C)C. The van der Waals surface area contributed by atoms with E-state index in [0.717, 1.165) is 0 Å². The van der Waals surface area contributed by atoms with Crippen molar-refractivity contribution in [2.45, 2.75) is 76.2 Å². The maximum absolute atomic E-state index is 6.22. The van der Waals surface area contributed by atoms with Crippen LogP contribution in [0.15, 0.2) is 0 Å². The molecule has 0 aromatic rings. The van der Waals surface area contributed by atoms with Gasteiger partial charge in [0.2, 0.25) is 0 Å². The largest absolute Gasteiger partial charge is 0.583 e. The molecule has 0 aliphatic rings. The van der Waals surface area contributed by atoms with E-state index in [1.54, 1.807) is 0 Å². The summed E-state index contributed by atoms with van der Waals surface area (Å²) in [6.07, 6.45) is 0. The highest BCUT2D eigenvalue weighted by atomic mass is 32.5. The van der Waals surface area contributed by atoms with Gasteiger partial charge in [-0.15, -0.1) is 0 Å². The molecular weight excluding hydrogens is 418 g/mol. The van der Waals surface area contributed by atoms with Gasteiger partial charge in [0, 0.05) is 0 Å². The highest BCUT2D eigenvalue weighted by Gasteiger charge is 2.57. The second-order valence-corrected chi connectivity index (χ2v) is 15.4. The number of hydrogen-bond donors (Lipinski definition) is 0. The van der Waals surface area contributed by atoms with E-state index < -0.39 is 14.9 Å². The molecule has 0 aromatic heterocycles. The second-order valence-electron chi connectivity index (χ2n) is 10.3. The molecule has 0 amide bonds. The summed E-state index contributed by atoms with van der Waals surface area (Å²) in [6, 6.07) is 0. The normalized spacial score (nSPS) is 14.5. The van der Waals surface area contributed by atoms with Crippen LogP contribution in [0, 0.1) is 16.2 Å². The minimum Gasteiger partial charge on any atom is -0.307 e. The maximum Gasteiger partial charge on any atom is 0.583 e. The molecule has 0 saturated heterocycles. The highest BCUT2D eigenvalue weighted by Crippen LogP contribution is 2.74. The Morgan fingerprint density at radius 2 is 0.929 bits per heavy atom. The van der Waals surface area contributed by atoms with Crippen molar-refractivity contribution in [2.75, 3.05) is 33.0 Å². The minimum absolute atomic E-state index is 0.107. The Morgan fingerprint density at radius 3 is 1.14 bits per heavy atom. The summed E-state index contributed by atoms with van der Waals surface area (Å²) < 4.78 is 36.3. The van der Waals surface area contributed by atoms with Gasteiger partial charge in [-0.3, -0.25) is 0 Å². The van der Waals surface area contributed by atoms with Crippen LogP contribution in [0.5, 0.6) is 0 Å². The van der Waals surface area contributed by atoms with Gasteiger partial charge in [-0.25, -0.2) is 0 Å². The summed E-state index contributed by atoms with van der Waals surface area (Å²) >= 11 is 5.60. The first-order valence-electron chi connectivity index (χ1n) is 9.88. The Balaban J connectivity index is 5.90. The lowest BCUT2D eigenvalue weighted by Gasteiger charge is -2.30. The zero-order chi connectivity index (χ0) is 22.3. The van der Waals surface area contributed by atoms with Crippen LogP contribution in [-0.2, 0) is 38.7 Å². The van der Waals surface area contributed by atoms with Crippen LogP contribution in [0.4, 0.5) is 0 Å². The van der Waals surface area contributed by atoms with Crippen LogP contribution in [0.2, 0.25) is 0 Å². The summed E-state index contributed by atoms with van der Waals surface area (Å²) in [5.74, 6) is 0. The lowest BCUT2D eigenvalue weighted by Crippen LogP contribution is -2.25. The molecule has 28 heavy (non-hydrogen) atoms. The van der Waals surface area contributed by atoms with Crippen molar-refractivity contribution in [2.24, 2.45) is 16.2 Å². The van der Waals surface area contributed by atoms with E-state index in [9.17, 15) is 0 Å². The Morgan fingerprint density at radius 1 is 0.643 bits per heavy atom. The van der Waals surface area contributed by atoms with Gasteiger partial charge in [-0.2, -0.15) is 13.6 Å². The van der Waals surface area contributed by atoms with Gasteiger partial charge < -0.3 is 9.05 Å². The number of rotatable bonds is 12. The van der Waals surface area contributed by atoms with E-state index in [-0.39, 0.29) is 16.2 Å². The van der Waals surface area contributed by atoms with Crippen molar-refractivity contribution in [3.05, 3.63) is 0 Å². The molecule has 6 nitrogen and oxygen atoms in total. The molecule has 0 fully saturated rings. The van der Waals surface area contributed by atoms with Crippen LogP contribution >= 0.6 is 14.9 Å². The smallest absolute Gasteiger partial charge is 0.307 e. The molecule has 0 aliphatic heterocycles. The Hall–Kier alpha value is 0.840. The van der Waals surface area contributed by atoms with Crippen LogP contribution in [0.1, 0.15) is 76.2 Å². The Labute approximate surface area is 179 Å². The molecule has 0 unspecified atom stereocenters. The van der Waals surface area contributed by atoms with Crippen molar-refractivity contribution in [1.82, 2.24) is 0 Å². The van der Waals surface area contributed by atoms with E-state index in [2.05, 4.69) is 62.3 Å². The van der Waals surface area contributed by atoms with Crippen LogP contribution in [-0.4, -0.2) is 33.0 Å². The molecule has 0 N–H and O–H groups in total. The molecule has 0 spiro atoms. The van der Waals surface area contributed by atoms with Gasteiger partial charge >= 0.3 is 14.9 Å². The lowest BCUT2D eigenvalue weighted by molar-refractivity contribution is 0.0253. The predicted octanol–water partition coefficient (Wildman–Crippen LogP) is 7.17. The molecular formula is C19H43O6P2S+. The summed E-state index contributed by atoms with van der Waals surface area (Å²) in [5.41, 5.74) is -0.320. The molecule has 0 heterocycles. The van der Waals surface area contributed by atoms with E-state index >= 15 is 0 Å². The monoisotopic (exact) mass is 461 g/mol. The topological polar surface area (TPSA) is 55.4 Å². The molecule has 0 aliphatic carbocycles. The second kappa shape index (κ2) is 11.5. The molecule has 0 bridgehead atoms. The predicted molar refractivity (Wildman–Crippen MR) is 122 cm³/mol. The van der Waals surface area contributed by atoms with E-state index in [1.165, 1.54) is 0 Å². The van der Waals surface area contributed by atoms with Gasteiger partial charge in [-0.05, 0) is 41.9 Å². The van der Waals surface area contributed by atoms with Gasteiger partial charge in [0.05, 0.1) is 13.2 Å². The lowest BCUT2D eigenvalue weighted by atomic mass is 9.99. The maximum atomic E-state index is 6.22. The van der Waals surface area contributed by atoms with Crippen LogP contribution in [0.25, 0.3) is 0 Å². The first-order valence-corrected chi connectivity index (χ1v) is 13.9. The fourth-order valence-electron chi connectivity index (χ4n) is 1.52. The fraction of sp³-hybridized carbons (Fsp3) is 1.00. The summed E-state index contributed by atoms with van der Waals surface area (Å²) in [4.78, 5) is 0. The van der Waals surface area contributed by atoms with Crippen LogP contribution in [0.3, 0.4) is 0 Å². The molecule has 0 aromatic carbocycles. The molecule has 0 atom stereocenters. The Bertz CT molecular complexity index is 439. The van der Waals surface area contributed by atoms with Gasteiger partial charge in [0.1, 0.15) is 19.8 Å². The third-order valence-corrected chi connectivity index (χ3v) is 8.06. The molecule has 0 rings (SSSR count). The third kappa shape index (κ3) is 14.0. The third-order valence-electron chi connectivity index (χ3n) is 2.74. The molecule has 170 valence electrons. The fourth-order valence-corrected chi connectivity index (χ4v) is 7.38. The highest BCUT2D eigenvalue weighted by molar-refractivity contribution is 8.09. The molecule has 9 heteroatoms. The molecule has 0 saturated carbocycles. The quantitative estimate of drug-likeness (QED) is 0.286. The average molecular weight is 462 g/mol. The summed E-state index contributed by atoms with van der Waals surface area (Å²) in [5, 5.41) is 0. The van der Waals surface area contributed by atoms with Crippen molar-refractivity contribution in [3.8, 4) is 0 Å². The number of hydrogen-bond acceptors (Lipinski definition) is 7. The van der Waals surface area contributed by atoms with Crippen molar-refractivity contribution < 1.29 is 26.9 Å².